The van der Waals surface area contributed by atoms with Crippen molar-refractivity contribution in [2.45, 2.75) is 62.7 Å². The predicted octanol–water partition coefficient (Wildman–Crippen LogP) is 2.69. The van der Waals surface area contributed by atoms with Crippen LogP contribution in [0.1, 0.15) is 44.1 Å². The normalized spacial score (nSPS) is 33.0. The van der Waals surface area contributed by atoms with Crippen LogP contribution >= 0.6 is 0 Å². The fourth-order valence-electron chi connectivity index (χ4n) is 5.17. The van der Waals surface area contributed by atoms with Crippen molar-refractivity contribution >= 4 is 11.8 Å². The first-order chi connectivity index (χ1) is 12.6. The van der Waals surface area contributed by atoms with Crippen LogP contribution in [-0.2, 0) is 0 Å². The molecule has 2 bridgehead atoms. The molecule has 1 aromatic carbocycles. The summed E-state index contributed by atoms with van der Waals surface area (Å²) in [4.78, 5) is 13.6. The minimum absolute atomic E-state index is 0.0174. The molecule has 3 fully saturated rings. The van der Waals surface area contributed by atoms with Gasteiger partial charge in [0.05, 0.1) is 11.6 Å². The van der Waals surface area contributed by atoms with Crippen LogP contribution in [0.15, 0.2) is 24.3 Å². The van der Waals surface area contributed by atoms with Crippen LogP contribution in [0.5, 0.6) is 0 Å². The van der Waals surface area contributed by atoms with E-state index in [9.17, 15) is 4.79 Å². The largest absolute Gasteiger partial charge is 0.465 e. The first-order valence-electron chi connectivity index (χ1n) is 9.66. The molecule has 1 aliphatic heterocycles. The summed E-state index contributed by atoms with van der Waals surface area (Å²) in [6, 6.07) is 11.2. The third-order valence-corrected chi connectivity index (χ3v) is 6.31. The second-order valence-corrected chi connectivity index (χ2v) is 7.94. The van der Waals surface area contributed by atoms with E-state index in [1.54, 1.807) is 0 Å². The second kappa shape index (κ2) is 7.16. The number of hydrogen-bond acceptors (Lipinski definition) is 4. The highest BCUT2D eigenvalue weighted by molar-refractivity contribution is 5.65. The number of nitrogens with zero attached hydrogens (tertiary/aromatic N) is 2. The highest BCUT2D eigenvalue weighted by Crippen LogP contribution is 2.41. The van der Waals surface area contributed by atoms with E-state index in [1.165, 1.54) is 18.5 Å². The molecule has 2 saturated carbocycles. The molecule has 3 aliphatic rings. The Balaban J connectivity index is 1.44. The molecule has 1 amide bonds. The number of piperidine rings is 1. The SMILES string of the molecule is N#Cc1ccc(N2C[C@@H]3C[C@H](NC4CCCCC4NC(=O)O)[C@H]2C3)cc1. The summed E-state index contributed by atoms with van der Waals surface area (Å²) < 4.78 is 0. The molecule has 6 nitrogen and oxygen atoms in total. The van der Waals surface area contributed by atoms with Gasteiger partial charge in [0.1, 0.15) is 0 Å². The second-order valence-electron chi connectivity index (χ2n) is 7.94. The van der Waals surface area contributed by atoms with E-state index in [4.69, 9.17) is 10.4 Å². The average Bonchev–Trinajstić information content (AvgIpc) is 3.23. The van der Waals surface area contributed by atoms with Gasteiger partial charge in [0.2, 0.25) is 0 Å². The van der Waals surface area contributed by atoms with Gasteiger partial charge in [0.15, 0.2) is 0 Å². The van der Waals surface area contributed by atoms with Crippen LogP contribution in [-0.4, -0.2) is 41.9 Å². The Morgan fingerprint density at radius 3 is 2.50 bits per heavy atom. The van der Waals surface area contributed by atoms with Gasteiger partial charge in [-0.1, -0.05) is 12.8 Å². The van der Waals surface area contributed by atoms with Gasteiger partial charge >= 0.3 is 6.09 Å². The van der Waals surface area contributed by atoms with Crippen molar-refractivity contribution in [3.8, 4) is 6.07 Å². The smallest absolute Gasteiger partial charge is 0.404 e. The predicted molar refractivity (Wildman–Crippen MR) is 99.1 cm³/mol. The molecule has 2 unspecified atom stereocenters. The molecule has 5 atom stereocenters. The number of rotatable bonds is 4. The van der Waals surface area contributed by atoms with Crippen LogP contribution in [0.2, 0.25) is 0 Å². The summed E-state index contributed by atoms with van der Waals surface area (Å²) in [5, 5.41) is 24.6. The molecule has 138 valence electrons. The highest BCUT2D eigenvalue weighted by Gasteiger charge is 2.46. The van der Waals surface area contributed by atoms with E-state index in [0.717, 1.165) is 32.2 Å². The standard InChI is InChI=1S/C20H26N4O2/c21-11-13-5-7-15(8-6-13)24-12-14-9-18(19(24)10-14)22-16-3-1-2-4-17(16)23-20(25)26/h5-8,14,16-19,22-23H,1-4,9-10,12H2,(H,25,26)/t14-,16?,17?,18+,19-/m1/s1. The molecule has 1 saturated heterocycles. The van der Waals surface area contributed by atoms with Crippen molar-refractivity contribution in [3.05, 3.63) is 29.8 Å². The summed E-state index contributed by atoms with van der Waals surface area (Å²) in [7, 11) is 0. The van der Waals surface area contributed by atoms with Crippen LogP contribution < -0.4 is 15.5 Å². The molecule has 2 aliphatic carbocycles. The number of benzene rings is 1. The van der Waals surface area contributed by atoms with Crippen molar-refractivity contribution in [2.24, 2.45) is 5.92 Å². The zero-order valence-corrected chi connectivity index (χ0v) is 14.9. The Morgan fingerprint density at radius 1 is 1.12 bits per heavy atom. The minimum atomic E-state index is -0.921. The van der Waals surface area contributed by atoms with E-state index >= 15 is 0 Å². The van der Waals surface area contributed by atoms with Crippen LogP contribution in [0.25, 0.3) is 0 Å². The summed E-state index contributed by atoms with van der Waals surface area (Å²) in [5.41, 5.74) is 1.88. The Bertz CT molecular complexity index is 699. The van der Waals surface area contributed by atoms with Crippen molar-refractivity contribution in [2.75, 3.05) is 11.4 Å². The van der Waals surface area contributed by atoms with Gasteiger partial charge in [-0.25, -0.2) is 4.79 Å². The van der Waals surface area contributed by atoms with E-state index in [-0.39, 0.29) is 12.1 Å². The fourth-order valence-corrected chi connectivity index (χ4v) is 5.17. The van der Waals surface area contributed by atoms with E-state index < -0.39 is 6.09 Å². The van der Waals surface area contributed by atoms with Gasteiger partial charge in [0, 0.05) is 36.4 Å². The Labute approximate surface area is 154 Å². The maximum atomic E-state index is 11.1. The molecular formula is C20H26N4O2. The van der Waals surface area contributed by atoms with Gasteiger partial charge in [0.25, 0.3) is 0 Å². The van der Waals surface area contributed by atoms with Gasteiger partial charge in [-0.15, -0.1) is 0 Å². The van der Waals surface area contributed by atoms with Crippen LogP contribution in [0, 0.1) is 17.2 Å². The molecule has 1 heterocycles. The zero-order chi connectivity index (χ0) is 18.1. The Hall–Kier alpha value is -2.26. The molecule has 26 heavy (non-hydrogen) atoms. The summed E-state index contributed by atoms with van der Waals surface area (Å²) in [6.45, 7) is 1.08. The lowest BCUT2D eigenvalue weighted by Gasteiger charge is -2.40. The molecule has 1 aromatic rings. The van der Waals surface area contributed by atoms with Crippen molar-refractivity contribution in [1.82, 2.24) is 10.6 Å². The minimum Gasteiger partial charge on any atom is -0.465 e. The monoisotopic (exact) mass is 354 g/mol. The van der Waals surface area contributed by atoms with Gasteiger partial charge in [-0.05, 0) is 55.9 Å². The Kier molecular flexibility index (Phi) is 4.73. The lowest BCUT2D eigenvalue weighted by Crippen LogP contribution is -2.58. The average molecular weight is 354 g/mol. The molecule has 0 spiro atoms. The topological polar surface area (TPSA) is 88.4 Å². The van der Waals surface area contributed by atoms with Gasteiger partial charge in [-0.3, -0.25) is 0 Å². The number of carbonyl (C=O) groups is 1. The number of fused-ring (bicyclic) bond motifs is 2. The zero-order valence-electron chi connectivity index (χ0n) is 14.9. The number of amides is 1. The molecule has 0 radical (unpaired) electrons. The molecular weight excluding hydrogens is 328 g/mol. The summed E-state index contributed by atoms with van der Waals surface area (Å²) in [5.74, 6) is 0.697. The number of carboxylic acid groups (broad SMARTS) is 1. The lowest BCUT2D eigenvalue weighted by molar-refractivity contribution is 0.176. The summed E-state index contributed by atoms with van der Waals surface area (Å²) in [6.07, 6.45) is 5.66. The number of nitriles is 1. The number of nitrogens with one attached hydrogen (secondary N) is 2. The van der Waals surface area contributed by atoms with E-state index in [2.05, 4.69) is 21.6 Å². The maximum Gasteiger partial charge on any atom is 0.404 e. The third kappa shape index (κ3) is 3.36. The molecule has 6 heteroatoms. The number of hydrogen-bond donors (Lipinski definition) is 3. The third-order valence-electron chi connectivity index (χ3n) is 6.31. The first kappa shape index (κ1) is 17.2. The molecule has 4 rings (SSSR count). The van der Waals surface area contributed by atoms with E-state index in [0.29, 0.717) is 23.6 Å². The number of anilines is 1. The maximum absolute atomic E-state index is 11.1. The van der Waals surface area contributed by atoms with Gasteiger partial charge in [-0.2, -0.15) is 5.26 Å². The first-order valence-corrected chi connectivity index (χ1v) is 9.66. The van der Waals surface area contributed by atoms with Crippen molar-refractivity contribution in [3.63, 3.8) is 0 Å². The molecule has 3 N–H and O–H groups in total. The van der Waals surface area contributed by atoms with Crippen LogP contribution in [0.3, 0.4) is 0 Å². The van der Waals surface area contributed by atoms with E-state index in [1.807, 2.05) is 24.3 Å². The van der Waals surface area contributed by atoms with Crippen molar-refractivity contribution in [1.29, 1.82) is 5.26 Å². The quantitative estimate of drug-likeness (QED) is 0.774. The highest BCUT2D eigenvalue weighted by atomic mass is 16.4. The molecule has 0 aromatic heterocycles. The fraction of sp³-hybridized carbons (Fsp3) is 0.600. The summed E-state index contributed by atoms with van der Waals surface area (Å²) >= 11 is 0. The Morgan fingerprint density at radius 2 is 1.85 bits per heavy atom. The van der Waals surface area contributed by atoms with Gasteiger partial charge < -0.3 is 20.6 Å². The lowest BCUT2D eigenvalue weighted by atomic mass is 9.89. The van der Waals surface area contributed by atoms with Crippen molar-refractivity contribution < 1.29 is 9.90 Å². The van der Waals surface area contributed by atoms with Crippen LogP contribution in [0.4, 0.5) is 10.5 Å².